The molecule has 2 saturated carbocycles. The van der Waals surface area contributed by atoms with Crippen molar-refractivity contribution in [1.29, 1.82) is 0 Å². The van der Waals surface area contributed by atoms with Crippen LogP contribution < -0.4 is 0 Å². The van der Waals surface area contributed by atoms with E-state index in [1.54, 1.807) is 0 Å². The molecule has 69 valence electrons. The minimum absolute atomic E-state index is 0.362. The van der Waals surface area contributed by atoms with Gasteiger partial charge in [-0.2, -0.15) is 0 Å². The lowest BCUT2D eigenvalue weighted by atomic mass is 9.83. The van der Waals surface area contributed by atoms with Crippen molar-refractivity contribution in [2.45, 2.75) is 44.9 Å². The molecule has 1 N–H and O–H groups in total. The summed E-state index contributed by atoms with van der Waals surface area (Å²) in [6.45, 7) is 0.362. The highest BCUT2D eigenvalue weighted by Crippen LogP contribution is 2.44. The third kappa shape index (κ3) is 1.52. The molecule has 0 heterocycles. The standard InChI is InChI=1S/C11H19O/c12-8-10-6-3-7-11(10)9-4-1-2-5-9/h9,11-12H,1-8H2. The second-order valence-electron chi connectivity index (χ2n) is 4.36. The fourth-order valence-electron chi connectivity index (χ4n) is 3.06. The molecule has 0 aromatic carbocycles. The van der Waals surface area contributed by atoms with E-state index in [9.17, 15) is 0 Å². The van der Waals surface area contributed by atoms with Gasteiger partial charge in [0.1, 0.15) is 0 Å². The van der Waals surface area contributed by atoms with Crippen molar-refractivity contribution in [2.24, 2.45) is 11.8 Å². The number of hydrogen-bond donors (Lipinski definition) is 1. The van der Waals surface area contributed by atoms with Crippen molar-refractivity contribution >= 4 is 0 Å². The molecule has 0 aliphatic heterocycles. The molecule has 0 aromatic rings. The third-order valence-electron chi connectivity index (χ3n) is 3.71. The number of rotatable bonds is 2. The Labute approximate surface area is 75.2 Å². The molecule has 2 aliphatic carbocycles. The van der Waals surface area contributed by atoms with Gasteiger partial charge in [-0.15, -0.1) is 0 Å². The highest BCUT2D eigenvalue weighted by molar-refractivity contribution is 5.04. The molecule has 1 nitrogen and oxygen atoms in total. The molecular weight excluding hydrogens is 148 g/mol. The molecule has 1 radical (unpaired) electrons. The Kier molecular flexibility index (Phi) is 2.69. The number of aliphatic hydroxyl groups is 1. The molecule has 1 unspecified atom stereocenters. The fourth-order valence-corrected chi connectivity index (χ4v) is 3.06. The molecule has 0 saturated heterocycles. The molecule has 12 heavy (non-hydrogen) atoms. The lowest BCUT2D eigenvalue weighted by Gasteiger charge is -2.23. The van der Waals surface area contributed by atoms with Crippen molar-refractivity contribution in [3.8, 4) is 0 Å². The summed E-state index contributed by atoms with van der Waals surface area (Å²) in [5.74, 6) is 3.20. The number of hydrogen-bond acceptors (Lipinski definition) is 1. The average Bonchev–Trinajstić information content (AvgIpc) is 2.74. The SMILES string of the molecule is OC[C]1CCCC1C1CCCC1. The molecule has 0 amide bonds. The quantitative estimate of drug-likeness (QED) is 0.670. The first-order chi connectivity index (χ1) is 5.92. The molecule has 0 aromatic heterocycles. The zero-order valence-corrected chi connectivity index (χ0v) is 7.76. The van der Waals surface area contributed by atoms with Gasteiger partial charge >= 0.3 is 0 Å². The summed E-state index contributed by atoms with van der Waals surface area (Å²) in [5, 5.41) is 9.16. The second-order valence-corrected chi connectivity index (χ2v) is 4.36. The van der Waals surface area contributed by atoms with Crippen LogP contribution in [-0.2, 0) is 0 Å². The van der Waals surface area contributed by atoms with Crippen molar-refractivity contribution in [2.75, 3.05) is 6.61 Å². The van der Waals surface area contributed by atoms with Gasteiger partial charge in [0.05, 0.1) is 0 Å². The van der Waals surface area contributed by atoms with Crippen LogP contribution in [0.15, 0.2) is 0 Å². The van der Waals surface area contributed by atoms with Gasteiger partial charge in [0, 0.05) is 12.5 Å². The zero-order valence-electron chi connectivity index (χ0n) is 7.76. The lowest BCUT2D eigenvalue weighted by molar-refractivity contribution is 0.258. The van der Waals surface area contributed by atoms with Crippen molar-refractivity contribution < 1.29 is 5.11 Å². The van der Waals surface area contributed by atoms with Crippen LogP contribution in [0.4, 0.5) is 0 Å². The first-order valence-corrected chi connectivity index (χ1v) is 5.37. The molecule has 2 rings (SSSR count). The van der Waals surface area contributed by atoms with Crippen molar-refractivity contribution in [3.05, 3.63) is 5.92 Å². The van der Waals surface area contributed by atoms with Crippen LogP contribution in [0.1, 0.15) is 44.9 Å². The Morgan fingerprint density at radius 1 is 1.08 bits per heavy atom. The Morgan fingerprint density at radius 2 is 1.83 bits per heavy atom. The third-order valence-corrected chi connectivity index (χ3v) is 3.71. The van der Waals surface area contributed by atoms with Crippen LogP contribution >= 0.6 is 0 Å². The first-order valence-electron chi connectivity index (χ1n) is 5.37. The van der Waals surface area contributed by atoms with Gasteiger partial charge in [-0.1, -0.05) is 32.1 Å². The predicted octanol–water partition coefficient (Wildman–Crippen LogP) is 2.54. The van der Waals surface area contributed by atoms with Crippen LogP contribution in [-0.4, -0.2) is 11.7 Å². The largest absolute Gasteiger partial charge is 0.396 e. The molecule has 2 aliphatic rings. The summed E-state index contributed by atoms with van der Waals surface area (Å²) in [6.07, 6.45) is 9.61. The molecule has 1 heteroatoms. The van der Waals surface area contributed by atoms with Gasteiger partial charge < -0.3 is 5.11 Å². The minimum Gasteiger partial charge on any atom is -0.396 e. The molecule has 0 bridgehead atoms. The van der Waals surface area contributed by atoms with Gasteiger partial charge in [-0.3, -0.25) is 0 Å². The lowest BCUT2D eigenvalue weighted by Crippen LogP contribution is -2.17. The summed E-state index contributed by atoms with van der Waals surface area (Å²) in [6, 6.07) is 0. The average molecular weight is 167 g/mol. The maximum Gasteiger partial charge on any atom is 0.0496 e. The van der Waals surface area contributed by atoms with Gasteiger partial charge in [0.2, 0.25) is 0 Å². The Balaban J connectivity index is 1.92. The van der Waals surface area contributed by atoms with Gasteiger partial charge in [-0.25, -0.2) is 0 Å². The van der Waals surface area contributed by atoms with E-state index in [2.05, 4.69) is 0 Å². The monoisotopic (exact) mass is 167 g/mol. The summed E-state index contributed by atoms with van der Waals surface area (Å²) in [5.41, 5.74) is 0. The normalized spacial score (nSPS) is 33.2. The van der Waals surface area contributed by atoms with Gasteiger partial charge in [0.25, 0.3) is 0 Å². The Hall–Kier alpha value is -0.0400. The van der Waals surface area contributed by atoms with Crippen LogP contribution in [0.3, 0.4) is 0 Å². The van der Waals surface area contributed by atoms with E-state index in [1.807, 2.05) is 0 Å². The van der Waals surface area contributed by atoms with E-state index in [0.29, 0.717) is 6.61 Å². The maximum atomic E-state index is 9.16. The van der Waals surface area contributed by atoms with E-state index in [1.165, 1.54) is 50.9 Å². The Bertz CT molecular complexity index is 138. The topological polar surface area (TPSA) is 20.2 Å². The first kappa shape index (κ1) is 8.55. The van der Waals surface area contributed by atoms with Crippen LogP contribution in [0.5, 0.6) is 0 Å². The molecule has 2 fully saturated rings. The van der Waals surface area contributed by atoms with Crippen LogP contribution in [0.25, 0.3) is 0 Å². The second kappa shape index (κ2) is 3.78. The summed E-state index contributed by atoms with van der Waals surface area (Å²) >= 11 is 0. The van der Waals surface area contributed by atoms with Gasteiger partial charge in [0.15, 0.2) is 0 Å². The van der Waals surface area contributed by atoms with E-state index < -0.39 is 0 Å². The molecule has 0 spiro atoms. The highest BCUT2D eigenvalue weighted by atomic mass is 16.3. The summed E-state index contributed by atoms with van der Waals surface area (Å²) < 4.78 is 0. The molecular formula is C11H19O. The van der Waals surface area contributed by atoms with Crippen molar-refractivity contribution in [3.63, 3.8) is 0 Å². The predicted molar refractivity (Wildman–Crippen MR) is 49.6 cm³/mol. The number of aliphatic hydroxyl groups excluding tert-OH is 1. The van der Waals surface area contributed by atoms with Gasteiger partial charge in [-0.05, 0) is 24.7 Å². The molecule has 1 atom stereocenters. The summed E-state index contributed by atoms with van der Waals surface area (Å²) in [4.78, 5) is 0. The zero-order chi connectivity index (χ0) is 8.39. The smallest absolute Gasteiger partial charge is 0.0496 e. The minimum atomic E-state index is 0.362. The fraction of sp³-hybridized carbons (Fsp3) is 0.909. The van der Waals surface area contributed by atoms with E-state index in [0.717, 1.165) is 11.8 Å². The van der Waals surface area contributed by atoms with E-state index in [-0.39, 0.29) is 0 Å². The highest BCUT2D eigenvalue weighted by Gasteiger charge is 2.34. The maximum absolute atomic E-state index is 9.16. The van der Waals surface area contributed by atoms with Crippen molar-refractivity contribution in [1.82, 2.24) is 0 Å². The van der Waals surface area contributed by atoms with Crippen LogP contribution in [0.2, 0.25) is 0 Å². The Morgan fingerprint density at radius 3 is 2.50 bits per heavy atom. The van der Waals surface area contributed by atoms with E-state index in [4.69, 9.17) is 5.11 Å². The van der Waals surface area contributed by atoms with Crippen LogP contribution in [0, 0.1) is 17.8 Å². The van der Waals surface area contributed by atoms with E-state index >= 15 is 0 Å². The summed E-state index contributed by atoms with van der Waals surface area (Å²) in [7, 11) is 0.